The van der Waals surface area contributed by atoms with Gasteiger partial charge < -0.3 is 28.4 Å². The summed E-state index contributed by atoms with van der Waals surface area (Å²) in [4.78, 5) is 13.4. The van der Waals surface area contributed by atoms with Crippen LogP contribution in [-0.4, -0.2) is 64.1 Å². The van der Waals surface area contributed by atoms with Crippen molar-refractivity contribution in [2.45, 2.75) is 0 Å². The molecule has 0 saturated carbocycles. The van der Waals surface area contributed by atoms with E-state index < -0.39 is 0 Å². The highest BCUT2D eigenvalue weighted by atomic mass is 32.2. The normalized spacial score (nSPS) is 14.6. The van der Waals surface area contributed by atoms with Crippen LogP contribution in [0, 0.1) is 0 Å². The van der Waals surface area contributed by atoms with Gasteiger partial charge in [-0.15, -0.1) is 0 Å². The minimum absolute atomic E-state index is 0.299. The van der Waals surface area contributed by atoms with Gasteiger partial charge in [-0.2, -0.15) is 10.1 Å². The molecule has 0 aromatic heterocycles. The number of ether oxygens (including phenoxy) is 6. The second-order valence-corrected chi connectivity index (χ2v) is 8.33. The molecule has 0 N–H and O–H groups in total. The largest absolute Gasteiger partial charge is 0.493 e. The number of carbonyl (C=O) groups excluding carboxylic acids is 1. The average molecular weight is 505 g/mol. The fraction of sp³-hybridized carbons (Fsp3) is 0.261. The predicted molar refractivity (Wildman–Crippen MR) is 135 cm³/mol. The van der Waals surface area contributed by atoms with E-state index in [2.05, 4.69) is 5.10 Å². The van der Waals surface area contributed by atoms with Gasteiger partial charge in [-0.3, -0.25) is 4.79 Å². The molecule has 2 aromatic rings. The number of hydrogen-bond acceptors (Lipinski definition) is 10. The molecule has 1 fully saturated rings. The van der Waals surface area contributed by atoms with Crippen LogP contribution in [-0.2, 0) is 4.79 Å². The van der Waals surface area contributed by atoms with Crippen molar-refractivity contribution in [2.24, 2.45) is 5.10 Å². The number of thioether (sulfide) groups is 1. The van der Waals surface area contributed by atoms with Crippen LogP contribution in [0.3, 0.4) is 0 Å². The molecule has 180 valence electrons. The molecule has 0 spiro atoms. The third-order valence-electron chi connectivity index (χ3n) is 4.77. The molecule has 11 heteroatoms. The van der Waals surface area contributed by atoms with Crippen LogP contribution in [0.5, 0.6) is 34.5 Å². The topological polar surface area (TPSA) is 88.1 Å². The molecule has 2 aromatic carbocycles. The number of carbonyl (C=O) groups is 1. The quantitative estimate of drug-likeness (QED) is 0.286. The first-order valence-corrected chi connectivity index (χ1v) is 11.0. The van der Waals surface area contributed by atoms with Gasteiger partial charge in [0, 0.05) is 5.56 Å². The van der Waals surface area contributed by atoms with Gasteiger partial charge in [0.2, 0.25) is 11.5 Å². The summed E-state index contributed by atoms with van der Waals surface area (Å²) in [6, 6.07) is 6.92. The maximum Gasteiger partial charge on any atom is 0.286 e. The molecule has 1 heterocycles. The van der Waals surface area contributed by atoms with E-state index in [-0.39, 0.29) is 5.91 Å². The maximum absolute atomic E-state index is 13.0. The Morgan fingerprint density at radius 3 is 1.62 bits per heavy atom. The zero-order chi connectivity index (χ0) is 24.8. The predicted octanol–water partition coefficient (Wildman–Crippen LogP) is 3.97. The van der Waals surface area contributed by atoms with Crippen molar-refractivity contribution < 1.29 is 33.2 Å². The lowest BCUT2D eigenvalue weighted by atomic mass is 10.1. The number of rotatable bonds is 9. The lowest BCUT2D eigenvalue weighted by Crippen LogP contribution is -2.22. The van der Waals surface area contributed by atoms with Crippen molar-refractivity contribution in [3.8, 4) is 34.5 Å². The molecule has 0 aliphatic carbocycles. The molecule has 0 unspecified atom stereocenters. The Kier molecular flexibility index (Phi) is 8.24. The summed E-state index contributed by atoms with van der Waals surface area (Å²) >= 11 is 6.52. The van der Waals surface area contributed by atoms with Gasteiger partial charge >= 0.3 is 0 Å². The minimum atomic E-state index is -0.354. The number of nitrogens with zero attached hydrogens (tertiary/aromatic N) is 2. The van der Waals surface area contributed by atoms with Crippen molar-refractivity contribution in [1.82, 2.24) is 5.01 Å². The third kappa shape index (κ3) is 5.05. The number of hydrazone groups is 1. The second kappa shape index (κ2) is 11.1. The van der Waals surface area contributed by atoms with E-state index in [9.17, 15) is 4.79 Å². The molecule has 1 aliphatic heterocycles. The van der Waals surface area contributed by atoms with E-state index >= 15 is 0 Å². The van der Waals surface area contributed by atoms with Gasteiger partial charge in [0.15, 0.2) is 27.3 Å². The standard InChI is InChI=1S/C23H24N2O7S2/c1-27-15-7-13(8-16(28-2)20(15)31-5)11-19-22(26)25(23(33)34-19)24-12-14-9-17(29-3)21(32-6)18(10-14)30-4/h7-12H,1-6H3/b19-11+,24-12?. The Labute approximate surface area is 207 Å². The number of hydrogen-bond donors (Lipinski definition) is 0. The number of thiocarbonyl (C=S) groups is 1. The van der Waals surface area contributed by atoms with Crippen LogP contribution in [0.1, 0.15) is 11.1 Å². The van der Waals surface area contributed by atoms with Gasteiger partial charge in [-0.1, -0.05) is 11.8 Å². The Bertz CT molecular complexity index is 1110. The summed E-state index contributed by atoms with van der Waals surface area (Å²) in [7, 11) is 9.14. The van der Waals surface area contributed by atoms with E-state index in [1.807, 2.05) is 0 Å². The van der Waals surface area contributed by atoms with Crippen molar-refractivity contribution >= 4 is 46.5 Å². The summed E-state index contributed by atoms with van der Waals surface area (Å²) in [6.07, 6.45) is 3.19. The summed E-state index contributed by atoms with van der Waals surface area (Å²) < 4.78 is 32.4. The number of methoxy groups -OCH3 is 6. The van der Waals surface area contributed by atoms with Gasteiger partial charge in [0.25, 0.3) is 5.91 Å². The number of benzene rings is 2. The first-order valence-electron chi connectivity index (χ1n) is 9.82. The van der Waals surface area contributed by atoms with E-state index in [4.69, 9.17) is 40.6 Å². The first kappa shape index (κ1) is 25.2. The summed E-state index contributed by atoms with van der Waals surface area (Å²) in [5.41, 5.74) is 1.32. The Morgan fingerprint density at radius 2 is 1.21 bits per heavy atom. The first-order chi connectivity index (χ1) is 16.4. The molecule has 0 atom stereocenters. The molecule has 9 nitrogen and oxygen atoms in total. The van der Waals surface area contributed by atoms with Crippen LogP contribution in [0.4, 0.5) is 0 Å². The van der Waals surface area contributed by atoms with E-state index in [0.29, 0.717) is 54.8 Å². The van der Waals surface area contributed by atoms with Crippen molar-refractivity contribution in [3.05, 3.63) is 40.3 Å². The minimum Gasteiger partial charge on any atom is -0.493 e. The molecule has 34 heavy (non-hydrogen) atoms. The van der Waals surface area contributed by atoms with Crippen molar-refractivity contribution in [1.29, 1.82) is 0 Å². The van der Waals surface area contributed by atoms with Crippen LogP contribution in [0.25, 0.3) is 6.08 Å². The Morgan fingerprint density at radius 1 is 0.765 bits per heavy atom. The van der Waals surface area contributed by atoms with Gasteiger partial charge in [-0.05, 0) is 48.1 Å². The second-order valence-electron chi connectivity index (χ2n) is 6.66. The fourth-order valence-electron chi connectivity index (χ4n) is 3.20. The zero-order valence-corrected chi connectivity index (χ0v) is 21.2. The van der Waals surface area contributed by atoms with Crippen LogP contribution >= 0.6 is 24.0 Å². The highest BCUT2D eigenvalue weighted by Crippen LogP contribution is 2.41. The maximum atomic E-state index is 13.0. The summed E-state index contributed by atoms with van der Waals surface area (Å²) in [5.74, 6) is 2.46. The van der Waals surface area contributed by atoms with E-state index in [1.165, 1.54) is 48.9 Å². The molecule has 0 bridgehead atoms. The molecule has 1 aliphatic rings. The molecule has 3 rings (SSSR count). The third-order valence-corrected chi connectivity index (χ3v) is 6.05. The smallest absolute Gasteiger partial charge is 0.286 e. The fourth-order valence-corrected chi connectivity index (χ4v) is 4.37. The number of amides is 1. The van der Waals surface area contributed by atoms with E-state index in [1.54, 1.807) is 30.3 Å². The lowest BCUT2D eigenvalue weighted by Gasteiger charge is -2.13. The van der Waals surface area contributed by atoms with E-state index in [0.717, 1.165) is 16.8 Å². The molecule has 1 saturated heterocycles. The van der Waals surface area contributed by atoms with Crippen LogP contribution in [0.2, 0.25) is 0 Å². The Hall–Kier alpha value is -3.44. The van der Waals surface area contributed by atoms with Crippen molar-refractivity contribution in [2.75, 3.05) is 42.7 Å². The average Bonchev–Trinajstić information content (AvgIpc) is 3.12. The summed E-state index contributed by atoms with van der Waals surface area (Å²) in [5, 5.41) is 5.44. The van der Waals surface area contributed by atoms with Gasteiger partial charge in [0.1, 0.15) is 0 Å². The lowest BCUT2D eigenvalue weighted by molar-refractivity contribution is -0.122. The van der Waals surface area contributed by atoms with Gasteiger partial charge in [-0.25, -0.2) is 0 Å². The van der Waals surface area contributed by atoms with Gasteiger partial charge in [0.05, 0.1) is 53.8 Å². The zero-order valence-electron chi connectivity index (χ0n) is 19.5. The SMILES string of the molecule is COc1cc(C=NN2C(=O)/C(=C\c3cc(OC)c(OC)c(OC)c3)SC2=S)cc(OC)c1OC. The molecule has 1 amide bonds. The summed E-state index contributed by atoms with van der Waals surface area (Å²) in [6.45, 7) is 0. The highest BCUT2D eigenvalue weighted by molar-refractivity contribution is 8.26. The monoisotopic (exact) mass is 504 g/mol. The Balaban J connectivity index is 1.90. The van der Waals surface area contributed by atoms with Crippen LogP contribution in [0.15, 0.2) is 34.3 Å². The molecular weight excluding hydrogens is 480 g/mol. The van der Waals surface area contributed by atoms with Crippen LogP contribution < -0.4 is 28.4 Å². The molecular formula is C23H24N2O7S2. The highest BCUT2D eigenvalue weighted by Gasteiger charge is 2.32. The molecule has 0 radical (unpaired) electrons. The van der Waals surface area contributed by atoms with Crippen molar-refractivity contribution in [3.63, 3.8) is 0 Å².